The van der Waals surface area contributed by atoms with Gasteiger partial charge in [-0.25, -0.2) is 4.68 Å². The molecule has 102 valence electrons. The van der Waals surface area contributed by atoms with Gasteiger partial charge in [-0.1, -0.05) is 42.3 Å². The van der Waals surface area contributed by atoms with Crippen LogP contribution in [0, 0.1) is 0 Å². The molecule has 1 aromatic carbocycles. The molecule has 0 fully saturated rings. The number of aromatic nitrogens is 3. The summed E-state index contributed by atoms with van der Waals surface area (Å²) < 4.78 is 1.89. The molecule has 0 atom stereocenters. The zero-order valence-corrected chi connectivity index (χ0v) is 11.8. The third-order valence-corrected chi connectivity index (χ3v) is 3.33. The van der Waals surface area contributed by atoms with Crippen LogP contribution < -0.4 is 0 Å². The van der Waals surface area contributed by atoms with Crippen molar-refractivity contribution in [3.8, 4) is 0 Å². The van der Waals surface area contributed by atoms with Crippen molar-refractivity contribution in [3.05, 3.63) is 46.2 Å². The van der Waals surface area contributed by atoms with Crippen molar-refractivity contribution in [2.75, 3.05) is 0 Å². The van der Waals surface area contributed by atoms with Gasteiger partial charge in [0.05, 0.1) is 12.3 Å². The second-order valence-corrected chi connectivity index (χ2v) is 4.96. The maximum absolute atomic E-state index is 9.34. The standard InChI is InChI=1S/C14H18ClN3O/c1-2-3-8-18-14(13(10-19)16-17-18)9-11-4-6-12(15)7-5-11/h4-7,19H,2-3,8-10H2,1H3. The molecule has 1 aromatic heterocycles. The Morgan fingerprint density at radius 2 is 2.00 bits per heavy atom. The van der Waals surface area contributed by atoms with Crippen LogP contribution in [-0.2, 0) is 19.6 Å². The molecule has 19 heavy (non-hydrogen) atoms. The number of aryl methyl sites for hydroxylation is 1. The van der Waals surface area contributed by atoms with E-state index in [2.05, 4.69) is 17.2 Å². The van der Waals surface area contributed by atoms with Gasteiger partial charge in [0.25, 0.3) is 0 Å². The number of aliphatic hydroxyl groups excluding tert-OH is 1. The number of rotatable bonds is 6. The van der Waals surface area contributed by atoms with Gasteiger partial charge < -0.3 is 5.11 Å². The van der Waals surface area contributed by atoms with E-state index < -0.39 is 0 Å². The summed E-state index contributed by atoms with van der Waals surface area (Å²) in [6, 6.07) is 7.71. The topological polar surface area (TPSA) is 50.9 Å². The predicted molar refractivity (Wildman–Crippen MR) is 75.1 cm³/mol. The fraction of sp³-hybridized carbons (Fsp3) is 0.429. The first-order valence-corrected chi connectivity index (χ1v) is 6.89. The Bertz CT molecular complexity index is 522. The highest BCUT2D eigenvalue weighted by atomic mass is 35.5. The zero-order valence-electron chi connectivity index (χ0n) is 11.0. The monoisotopic (exact) mass is 279 g/mol. The first-order valence-electron chi connectivity index (χ1n) is 6.51. The van der Waals surface area contributed by atoms with Gasteiger partial charge in [0, 0.05) is 18.0 Å². The van der Waals surface area contributed by atoms with Crippen LogP contribution in [0.1, 0.15) is 36.7 Å². The van der Waals surface area contributed by atoms with E-state index in [0.29, 0.717) is 12.1 Å². The Hall–Kier alpha value is -1.39. The van der Waals surface area contributed by atoms with Gasteiger partial charge in [0.2, 0.25) is 0 Å². The highest BCUT2D eigenvalue weighted by Crippen LogP contribution is 2.16. The molecule has 0 saturated heterocycles. The lowest BCUT2D eigenvalue weighted by Crippen LogP contribution is -2.07. The molecule has 2 rings (SSSR count). The molecule has 4 nitrogen and oxygen atoms in total. The molecule has 0 aliphatic carbocycles. The van der Waals surface area contributed by atoms with E-state index in [1.54, 1.807) is 0 Å². The van der Waals surface area contributed by atoms with E-state index >= 15 is 0 Å². The second kappa shape index (κ2) is 6.68. The number of hydrogen-bond acceptors (Lipinski definition) is 3. The molecule has 0 amide bonds. The van der Waals surface area contributed by atoms with Gasteiger partial charge in [-0.3, -0.25) is 0 Å². The first kappa shape index (κ1) is 14.0. The van der Waals surface area contributed by atoms with Crippen LogP contribution >= 0.6 is 11.6 Å². The lowest BCUT2D eigenvalue weighted by atomic mass is 10.1. The molecule has 5 heteroatoms. The van der Waals surface area contributed by atoms with Crippen LogP contribution in [0.3, 0.4) is 0 Å². The lowest BCUT2D eigenvalue weighted by molar-refractivity contribution is 0.275. The Labute approximate surface area is 118 Å². The van der Waals surface area contributed by atoms with Gasteiger partial charge in [-0.2, -0.15) is 0 Å². The van der Waals surface area contributed by atoms with Crippen molar-refractivity contribution in [1.82, 2.24) is 15.0 Å². The zero-order chi connectivity index (χ0) is 13.7. The maximum Gasteiger partial charge on any atom is 0.112 e. The molecule has 0 radical (unpaired) electrons. The molecular weight excluding hydrogens is 262 g/mol. The Morgan fingerprint density at radius 1 is 1.26 bits per heavy atom. The minimum absolute atomic E-state index is 0.0744. The summed E-state index contributed by atoms with van der Waals surface area (Å²) in [7, 11) is 0. The average Bonchev–Trinajstić information content (AvgIpc) is 2.81. The van der Waals surface area contributed by atoms with E-state index in [1.165, 1.54) is 0 Å². The molecule has 1 heterocycles. The number of hydrogen-bond donors (Lipinski definition) is 1. The molecule has 0 spiro atoms. The maximum atomic E-state index is 9.34. The third kappa shape index (κ3) is 3.55. The van der Waals surface area contributed by atoms with E-state index in [-0.39, 0.29) is 6.61 Å². The first-order chi connectivity index (χ1) is 9.24. The van der Waals surface area contributed by atoms with E-state index in [9.17, 15) is 5.11 Å². The van der Waals surface area contributed by atoms with Crippen LogP contribution in [0.25, 0.3) is 0 Å². The van der Waals surface area contributed by atoms with Crippen molar-refractivity contribution in [1.29, 1.82) is 0 Å². The van der Waals surface area contributed by atoms with Gasteiger partial charge in [-0.15, -0.1) is 5.10 Å². The van der Waals surface area contributed by atoms with Crippen LogP contribution in [-0.4, -0.2) is 20.1 Å². The summed E-state index contributed by atoms with van der Waals surface area (Å²) in [5.41, 5.74) is 2.78. The van der Waals surface area contributed by atoms with Gasteiger partial charge in [0.1, 0.15) is 5.69 Å². The van der Waals surface area contributed by atoms with Gasteiger partial charge in [-0.05, 0) is 24.1 Å². The molecule has 1 N–H and O–H groups in total. The van der Waals surface area contributed by atoms with E-state index in [0.717, 1.165) is 35.7 Å². The fourth-order valence-corrected chi connectivity index (χ4v) is 2.09. The minimum Gasteiger partial charge on any atom is -0.390 e. The third-order valence-electron chi connectivity index (χ3n) is 3.08. The molecule has 0 bridgehead atoms. The summed E-state index contributed by atoms with van der Waals surface area (Å²) in [6.07, 6.45) is 2.88. The van der Waals surface area contributed by atoms with E-state index in [4.69, 9.17) is 11.6 Å². The SMILES string of the molecule is CCCCn1nnc(CO)c1Cc1ccc(Cl)cc1. The Kier molecular flexibility index (Phi) is 4.93. The second-order valence-electron chi connectivity index (χ2n) is 4.52. The number of benzene rings is 1. The molecule has 0 saturated carbocycles. The summed E-state index contributed by atoms with van der Waals surface area (Å²) in [6.45, 7) is 2.91. The van der Waals surface area contributed by atoms with Crippen LogP contribution in [0.2, 0.25) is 5.02 Å². The Morgan fingerprint density at radius 3 is 2.63 bits per heavy atom. The number of aliphatic hydroxyl groups is 1. The van der Waals surface area contributed by atoms with Crippen LogP contribution in [0.4, 0.5) is 0 Å². The summed E-state index contributed by atoms with van der Waals surface area (Å²) >= 11 is 5.88. The number of nitrogens with zero attached hydrogens (tertiary/aromatic N) is 3. The van der Waals surface area contributed by atoms with Crippen LogP contribution in [0.5, 0.6) is 0 Å². The smallest absolute Gasteiger partial charge is 0.112 e. The van der Waals surface area contributed by atoms with Gasteiger partial charge in [0.15, 0.2) is 0 Å². The number of halogens is 1. The molecule has 0 aliphatic rings. The lowest BCUT2D eigenvalue weighted by Gasteiger charge is -2.07. The number of unbranched alkanes of at least 4 members (excludes halogenated alkanes) is 1. The van der Waals surface area contributed by atoms with Crippen molar-refractivity contribution in [2.45, 2.75) is 39.3 Å². The Balaban J connectivity index is 2.21. The van der Waals surface area contributed by atoms with E-state index in [1.807, 2.05) is 28.9 Å². The molecular formula is C14H18ClN3O. The summed E-state index contributed by atoms with van der Waals surface area (Å²) in [4.78, 5) is 0. The van der Waals surface area contributed by atoms with Crippen molar-refractivity contribution < 1.29 is 5.11 Å². The van der Waals surface area contributed by atoms with Crippen molar-refractivity contribution in [3.63, 3.8) is 0 Å². The fourth-order valence-electron chi connectivity index (χ4n) is 1.97. The molecule has 0 aliphatic heterocycles. The quantitative estimate of drug-likeness (QED) is 0.885. The normalized spacial score (nSPS) is 10.9. The minimum atomic E-state index is -0.0744. The highest BCUT2D eigenvalue weighted by Gasteiger charge is 2.12. The summed E-state index contributed by atoms with van der Waals surface area (Å²) in [5, 5.41) is 18.2. The average molecular weight is 280 g/mol. The molecule has 0 unspecified atom stereocenters. The molecule has 2 aromatic rings. The van der Waals surface area contributed by atoms with Crippen molar-refractivity contribution in [2.24, 2.45) is 0 Å². The van der Waals surface area contributed by atoms with Crippen molar-refractivity contribution >= 4 is 11.6 Å². The summed E-state index contributed by atoms with van der Waals surface area (Å²) in [5.74, 6) is 0. The largest absolute Gasteiger partial charge is 0.390 e. The highest BCUT2D eigenvalue weighted by molar-refractivity contribution is 6.30. The van der Waals surface area contributed by atoms with Crippen LogP contribution in [0.15, 0.2) is 24.3 Å². The predicted octanol–water partition coefficient (Wildman–Crippen LogP) is 2.81. The van der Waals surface area contributed by atoms with Gasteiger partial charge >= 0.3 is 0 Å².